The van der Waals surface area contributed by atoms with Crippen molar-refractivity contribution in [2.24, 2.45) is 0 Å². The molecule has 1 unspecified atom stereocenters. The first-order valence-corrected chi connectivity index (χ1v) is 14.1. The van der Waals surface area contributed by atoms with Crippen LogP contribution >= 0.6 is 23.4 Å². The summed E-state index contributed by atoms with van der Waals surface area (Å²) in [4.78, 5) is 13.2. The van der Waals surface area contributed by atoms with Crippen molar-refractivity contribution < 1.29 is 9.18 Å². The highest BCUT2D eigenvalue weighted by Crippen LogP contribution is 2.29. The van der Waals surface area contributed by atoms with Gasteiger partial charge in [-0.3, -0.25) is 4.57 Å². The van der Waals surface area contributed by atoms with E-state index < -0.39 is 17.9 Å². The number of hydrogen-bond acceptors (Lipinski definition) is 4. The van der Waals surface area contributed by atoms with Crippen LogP contribution in [0.15, 0.2) is 108 Å². The van der Waals surface area contributed by atoms with E-state index in [-0.39, 0.29) is 5.02 Å². The standard InChI is InChI=1S/C31H27ClFN5OS/c1-21-12-15-25(16-13-21)38-29(36-37-31(38)40-20-23-10-6-3-7-11-23)28(18-22-8-4-2-5-9-22)35-30(39)34-24-14-17-27(33)26(32)19-24/h2-17,19,28H,18,20H2,1H3,(H2,34,35,39). The van der Waals surface area contributed by atoms with Crippen LogP contribution in [0.1, 0.15) is 28.6 Å². The number of hydrogen-bond donors (Lipinski definition) is 2. The number of aromatic nitrogens is 3. The van der Waals surface area contributed by atoms with Crippen LogP contribution in [-0.4, -0.2) is 20.8 Å². The van der Waals surface area contributed by atoms with Crippen LogP contribution in [-0.2, 0) is 12.2 Å². The van der Waals surface area contributed by atoms with Gasteiger partial charge in [-0.2, -0.15) is 0 Å². The molecule has 1 aromatic heterocycles. The number of halogens is 2. The third-order valence-corrected chi connectivity index (χ3v) is 7.53. The molecule has 9 heteroatoms. The maximum absolute atomic E-state index is 13.6. The minimum atomic E-state index is -0.554. The van der Waals surface area contributed by atoms with Gasteiger partial charge in [-0.25, -0.2) is 9.18 Å². The van der Waals surface area contributed by atoms with E-state index in [0.717, 1.165) is 16.8 Å². The lowest BCUT2D eigenvalue weighted by Gasteiger charge is -2.21. The van der Waals surface area contributed by atoms with E-state index in [1.807, 2.05) is 84.3 Å². The van der Waals surface area contributed by atoms with Crippen molar-refractivity contribution in [2.45, 2.75) is 30.3 Å². The fourth-order valence-electron chi connectivity index (χ4n) is 4.22. The van der Waals surface area contributed by atoms with Crippen LogP contribution < -0.4 is 10.6 Å². The molecule has 2 amide bonds. The molecule has 0 saturated carbocycles. The molecule has 4 aromatic carbocycles. The molecule has 0 radical (unpaired) electrons. The molecule has 2 N–H and O–H groups in total. The zero-order valence-corrected chi connectivity index (χ0v) is 23.3. The van der Waals surface area contributed by atoms with Crippen molar-refractivity contribution in [2.75, 3.05) is 5.32 Å². The molecular formula is C31H27ClFN5OS. The molecule has 1 heterocycles. The minimum absolute atomic E-state index is 0.0715. The maximum Gasteiger partial charge on any atom is 0.319 e. The summed E-state index contributed by atoms with van der Waals surface area (Å²) in [5, 5.41) is 15.6. The van der Waals surface area contributed by atoms with E-state index in [2.05, 4.69) is 33.0 Å². The average molecular weight is 572 g/mol. The largest absolute Gasteiger partial charge is 0.327 e. The zero-order chi connectivity index (χ0) is 27.9. The van der Waals surface area contributed by atoms with Gasteiger partial charge in [0.1, 0.15) is 5.82 Å². The number of nitrogens with one attached hydrogen (secondary N) is 2. The number of nitrogens with zero attached hydrogens (tertiary/aromatic N) is 3. The Kier molecular flexibility index (Phi) is 8.78. The second-order valence-corrected chi connectivity index (χ2v) is 10.6. The van der Waals surface area contributed by atoms with Crippen LogP contribution in [0.25, 0.3) is 5.69 Å². The van der Waals surface area contributed by atoms with Crippen LogP contribution in [0.3, 0.4) is 0 Å². The Bertz CT molecular complexity index is 1580. The van der Waals surface area contributed by atoms with Gasteiger partial charge in [-0.15, -0.1) is 10.2 Å². The summed E-state index contributed by atoms with van der Waals surface area (Å²) in [6.45, 7) is 2.04. The van der Waals surface area contributed by atoms with Gasteiger partial charge in [0.2, 0.25) is 0 Å². The summed E-state index contributed by atoms with van der Waals surface area (Å²) >= 11 is 7.49. The lowest BCUT2D eigenvalue weighted by atomic mass is 10.1. The third kappa shape index (κ3) is 6.89. The second kappa shape index (κ2) is 12.8. The summed E-state index contributed by atoms with van der Waals surface area (Å²) in [6.07, 6.45) is 0.478. The smallest absolute Gasteiger partial charge is 0.319 e. The number of urea groups is 1. The first-order chi connectivity index (χ1) is 19.5. The lowest BCUT2D eigenvalue weighted by Crippen LogP contribution is -2.35. The van der Waals surface area contributed by atoms with Crippen molar-refractivity contribution in [1.29, 1.82) is 0 Å². The van der Waals surface area contributed by atoms with Crippen LogP contribution in [0, 0.1) is 12.7 Å². The molecule has 5 aromatic rings. The molecule has 0 fully saturated rings. The quantitative estimate of drug-likeness (QED) is 0.177. The number of rotatable bonds is 9. The molecule has 0 aliphatic rings. The number of carbonyl (C=O) groups is 1. The molecular weight excluding hydrogens is 545 g/mol. The Balaban J connectivity index is 1.49. The SMILES string of the molecule is Cc1ccc(-n2c(SCc3ccccc3)nnc2C(Cc2ccccc2)NC(=O)Nc2ccc(F)c(Cl)c2)cc1. The topological polar surface area (TPSA) is 71.8 Å². The van der Waals surface area contributed by atoms with Crippen LogP contribution in [0.2, 0.25) is 5.02 Å². The molecule has 40 heavy (non-hydrogen) atoms. The van der Waals surface area contributed by atoms with Crippen molar-refractivity contribution in [3.05, 3.63) is 136 Å². The molecule has 0 spiro atoms. The Morgan fingerprint density at radius 2 is 1.60 bits per heavy atom. The number of benzene rings is 4. The van der Waals surface area contributed by atoms with Gasteiger partial charge < -0.3 is 10.6 Å². The van der Waals surface area contributed by atoms with Crippen molar-refractivity contribution in [1.82, 2.24) is 20.1 Å². The summed E-state index contributed by atoms with van der Waals surface area (Å²) in [5.74, 6) is 0.754. The number of amides is 2. The second-order valence-electron chi connectivity index (χ2n) is 9.26. The maximum atomic E-state index is 13.6. The first-order valence-electron chi connectivity index (χ1n) is 12.7. The number of carbonyl (C=O) groups excluding carboxylic acids is 1. The number of anilines is 1. The molecule has 0 aliphatic heterocycles. The van der Waals surface area contributed by atoms with Gasteiger partial charge in [0.05, 0.1) is 11.1 Å². The van der Waals surface area contributed by atoms with E-state index in [1.54, 1.807) is 11.8 Å². The number of thioether (sulfide) groups is 1. The minimum Gasteiger partial charge on any atom is -0.327 e. The molecule has 0 bridgehead atoms. The molecule has 5 rings (SSSR count). The van der Waals surface area contributed by atoms with Gasteiger partial charge in [0.25, 0.3) is 0 Å². The van der Waals surface area contributed by atoms with Gasteiger partial charge in [-0.1, -0.05) is 102 Å². The normalized spacial score (nSPS) is 11.7. The fourth-order valence-corrected chi connectivity index (χ4v) is 5.31. The average Bonchev–Trinajstić information content (AvgIpc) is 3.39. The summed E-state index contributed by atoms with van der Waals surface area (Å²) < 4.78 is 15.6. The van der Waals surface area contributed by atoms with Crippen LogP contribution in [0.5, 0.6) is 0 Å². The van der Waals surface area contributed by atoms with E-state index >= 15 is 0 Å². The van der Waals surface area contributed by atoms with E-state index in [9.17, 15) is 9.18 Å². The summed E-state index contributed by atoms with van der Waals surface area (Å²) in [6, 6.07) is 31.2. The van der Waals surface area contributed by atoms with Gasteiger partial charge in [0, 0.05) is 23.5 Å². The Labute approximate surface area is 241 Å². The highest BCUT2D eigenvalue weighted by Gasteiger charge is 2.25. The van der Waals surface area contributed by atoms with Gasteiger partial charge in [0.15, 0.2) is 11.0 Å². The Morgan fingerprint density at radius 3 is 2.27 bits per heavy atom. The van der Waals surface area contributed by atoms with E-state index in [1.165, 1.54) is 23.8 Å². The monoisotopic (exact) mass is 571 g/mol. The highest BCUT2D eigenvalue weighted by atomic mass is 35.5. The predicted molar refractivity (Wildman–Crippen MR) is 159 cm³/mol. The summed E-state index contributed by atoms with van der Waals surface area (Å²) in [7, 11) is 0. The van der Waals surface area contributed by atoms with Crippen molar-refractivity contribution in [3.63, 3.8) is 0 Å². The third-order valence-electron chi connectivity index (χ3n) is 6.24. The fraction of sp³-hybridized carbons (Fsp3) is 0.129. The predicted octanol–water partition coefficient (Wildman–Crippen LogP) is 7.77. The Morgan fingerprint density at radius 1 is 0.925 bits per heavy atom. The molecule has 0 aliphatic carbocycles. The van der Waals surface area contributed by atoms with E-state index in [4.69, 9.17) is 11.6 Å². The Hall–Kier alpha value is -4.14. The lowest BCUT2D eigenvalue weighted by molar-refractivity contribution is 0.247. The van der Waals surface area contributed by atoms with Crippen molar-refractivity contribution >= 4 is 35.1 Å². The summed E-state index contributed by atoms with van der Waals surface area (Å²) in [5.41, 5.74) is 4.60. The first kappa shape index (κ1) is 27.4. The highest BCUT2D eigenvalue weighted by molar-refractivity contribution is 7.98. The van der Waals surface area contributed by atoms with Crippen LogP contribution in [0.4, 0.5) is 14.9 Å². The molecule has 6 nitrogen and oxygen atoms in total. The number of aryl methyl sites for hydroxylation is 1. The zero-order valence-electron chi connectivity index (χ0n) is 21.7. The molecule has 202 valence electrons. The van der Waals surface area contributed by atoms with Gasteiger partial charge in [-0.05, 0) is 48.4 Å². The van der Waals surface area contributed by atoms with Gasteiger partial charge >= 0.3 is 6.03 Å². The molecule has 1 atom stereocenters. The van der Waals surface area contributed by atoms with E-state index in [0.29, 0.717) is 28.8 Å². The molecule has 0 saturated heterocycles. The van der Waals surface area contributed by atoms with Crippen molar-refractivity contribution in [3.8, 4) is 5.69 Å².